The van der Waals surface area contributed by atoms with Crippen LogP contribution in [0, 0.1) is 0 Å². The van der Waals surface area contributed by atoms with E-state index < -0.39 is 0 Å². The molecule has 78 valence electrons. The Morgan fingerprint density at radius 3 is 1.19 bits per heavy atom. The van der Waals surface area contributed by atoms with Crippen LogP contribution in [0.4, 0.5) is 0 Å². The molecule has 0 spiro atoms. The van der Waals surface area contributed by atoms with Crippen molar-refractivity contribution in [3.63, 3.8) is 0 Å². The van der Waals surface area contributed by atoms with Gasteiger partial charge in [-0.25, -0.2) is 0 Å². The Kier molecular flexibility index (Phi) is 1.16. The highest BCUT2D eigenvalue weighted by Gasteiger charge is 2.38. The van der Waals surface area contributed by atoms with Gasteiger partial charge < -0.3 is 0 Å². The lowest BCUT2D eigenvalue weighted by atomic mass is 9.88. The summed E-state index contributed by atoms with van der Waals surface area (Å²) in [6.07, 6.45) is 12.4. The fourth-order valence-electron chi connectivity index (χ4n) is 4.27. The summed E-state index contributed by atoms with van der Waals surface area (Å²) in [6, 6.07) is 5.07. The standard InChI is InChI=1S/C16H14/c1-2-10-5-9(1)13-7-15-11-3-4-12(6-11)16(15)8-14(10)13/h1-4,7-12H,5-6H2/t9-,10+,11+,12-. The number of rotatable bonds is 0. The zero-order valence-corrected chi connectivity index (χ0v) is 9.19. The van der Waals surface area contributed by atoms with Gasteiger partial charge in [0.2, 0.25) is 0 Å². The van der Waals surface area contributed by atoms with Gasteiger partial charge in [0, 0.05) is 23.7 Å². The molecule has 1 aromatic rings. The van der Waals surface area contributed by atoms with Crippen molar-refractivity contribution in [1.29, 1.82) is 0 Å². The van der Waals surface area contributed by atoms with Crippen molar-refractivity contribution in [1.82, 2.24) is 0 Å². The largest absolute Gasteiger partial charge is 0.0804 e. The van der Waals surface area contributed by atoms with Crippen LogP contribution in [-0.2, 0) is 0 Å². The molecule has 0 saturated carbocycles. The van der Waals surface area contributed by atoms with Crippen LogP contribution in [0.5, 0.6) is 0 Å². The van der Waals surface area contributed by atoms with E-state index in [-0.39, 0.29) is 0 Å². The van der Waals surface area contributed by atoms with E-state index in [1.807, 2.05) is 0 Å². The monoisotopic (exact) mass is 206 g/mol. The summed E-state index contributed by atoms with van der Waals surface area (Å²) in [5, 5.41) is 0. The molecule has 5 rings (SSSR count). The molecule has 0 heteroatoms. The van der Waals surface area contributed by atoms with Gasteiger partial charge in [0.15, 0.2) is 0 Å². The maximum Gasteiger partial charge on any atom is 0.00300 e. The molecular formula is C16H14. The molecule has 0 radical (unpaired) electrons. The van der Waals surface area contributed by atoms with Crippen molar-refractivity contribution < 1.29 is 0 Å². The van der Waals surface area contributed by atoms with Gasteiger partial charge in [-0.1, -0.05) is 36.4 Å². The summed E-state index contributed by atoms with van der Waals surface area (Å²) in [7, 11) is 0. The van der Waals surface area contributed by atoms with E-state index >= 15 is 0 Å². The Labute approximate surface area is 95.7 Å². The van der Waals surface area contributed by atoms with Crippen LogP contribution in [0.15, 0.2) is 36.4 Å². The third kappa shape index (κ3) is 0.733. The van der Waals surface area contributed by atoms with E-state index in [9.17, 15) is 0 Å². The maximum absolute atomic E-state index is 2.53. The van der Waals surface area contributed by atoms with E-state index in [4.69, 9.17) is 0 Å². The zero-order chi connectivity index (χ0) is 10.3. The number of benzene rings is 1. The van der Waals surface area contributed by atoms with E-state index in [2.05, 4.69) is 36.4 Å². The highest BCUT2D eigenvalue weighted by atomic mass is 14.4. The lowest BCUT2D eigenvalue weighted by Crippen LogP contribution is -2.00. The van der Waals surface area contributed by atoms with Gasteiger partial charge in [0.25, 0.3) is 0 Å². The van der Waals surface area contributed by atoms with E-state index in [0.717, 1.165) is 23.7 Å². The van der Waals surface area contributed by atoms with Gasteiger partial charge in [-0.15, -0.1) is 0 Å². The summed E-state index contributed by atoms with van der Waals surface area (Å²) in [5.74, 6) is 2.98. The number of hydrogen-bond donors (Lipinski definition) is 0. The molecule has 0 N–H and O–H groups in total. The highest BCUT2D eigenvalue weighted by molar-refractivity contribution is 5.57. The summed E-state index contributed by atoms with van der Waals surface area (Å²) in [6.45, 7) is 0. The summed E-state index contributed by atoms with van der Waals surface area (Å²) in [4.78, 5) is 0. The van der Waals surface area contributed by atoms with Crippen LogP contribution in [0.1, 0.15) is 58.8 Å². The lowest BCUT2D eigenvalue weighted by Gasteiger charge is -2.17. The normalized spacial score (nSPS) is 39.5. The van der Waals surface area contributed by atoms with Crippen molar-refractivity contribution in [2.24, 2.45) is 0 Å². The predicted molar refractivity (Wildman–Crippen MR) is 64.9 cm³/mol. The Hall–Kier alpha value is -1.30. The fraction of sp³-hybridized carbons (Fsp3) is 0.375. The number of hydrogen-bond acceptors (Lipinski definition) is 0. The summed E-state index contributed by atoms with van der Waals surface area (Å²) in [5.41, 5.74) is 6.58. The first kappa shape index (κ1) is 7.89. The third-order valence-electron chi connectivity index (χ3n) is 5.05. The average Bonchev–Trinajstić information content (AvgIpc) is 3.07. The van der Waals surface area contributed by atoms with E-state index in [0.29, 0.717) is 0 Å². The molecule has 0 aliphatic heterocycles. The third-order valence-corrected chi connectivity index (χ3v) is 5.05. The van der Waals surface area contributed by atoms with Gasteiger partial charge >= 0.3 is 0 Å². The number of allylic oxidation sites excluding steroid dienone is 4. The van der Waals surface area contributed by atoms with Crippen LogP contribution < -0.4 is 0 Å². The van der Waals surface area contributed by atoms with Crippen molar-refractivity contribution in [2.75, 3.05) is 0 Å². The molecule has 0 amide bonds. The van der Waals surface area contributed by atoms with Crippen LogP contribution in [0.25, 0.3) is 0 Å². The van der Waals surface area contributed by atoms with Crippen molar-refractivity contribution in [3.05, 3.63) is 58.7 Å². The van der Waals surface area contributed by atoms with Gasteiger partial charge in [-0.05, 0) is 35.1 Å². The van der Waals surface area contributed by atoms with Crippen molar-refractivity contribution in [2.45, 2.75) is 36.5 Å². The smallest absolute Gasteiger partial charge is 0.00300 e. The fourth-order valence-corrected chi connectivity index (χ4v) is 4.27. The molecule has 4 bridgehead atoms. The van der Waals surface area contributed by atoms with Crippen LogP contribution in [-0.4, -0.2) is 0 Å². The molecule has 4 aliphatic carbocycles. The first-order valence-electron chi connectivity index (χ1n) is 6.44. The highest BCUT2D eigenvalue weighted by Crippen LogP contribution is 2.55. The minimum Gasteiger partial charge on any atom is -0.0804 e. The Morgan fingerprint density at radius 1 is 0.562 bits per heavy atom. The molecule has 0 heterocycles. The topological polar surface area (TPSA) is 0 Å². The quantitative estimate of drug-likeness (QED) is 0.563. The Balaban J connectivity index is 1.80. The molecule has 0 nitrogen and oxygen atoms in total. The van der Waals surface area contributed by atoms with Crippen LogP contribution in [0.3, 0.4) is 0 Å². The summed E-state index contributed by atoms with van der Waals surface area (Å²) < 4.78 is 0. The van der Waals surface area contributed by atoms with Crippen molar-refractivity contribution >= 4 is 0 Å². The molecule has 0 fully saturated rings. The van der Waals surface area contributed by atoms with Gasteiger partial charge in [-0.2, -0.15) is 0 Å². The van der Waals surface area contributed by atoms with Crippen molar-refractivity contribution in [3.8, 4) is 0 Å². The first-order chi connectivity index (χ1) is 7.90. The first-order valence-corrected chi connectivity index (χ1v) is 6.44. The van der Waals surface area contributed by atoms with Crippen LogP contribution in [0.2, 0.25) is 0 Å². The van der Waals surface area contributed by atoms with Gasteiger partial charge in [0.1, 0.15) is 0 Å². The molecule has 16 heavy (non-hydrogen) atoms. The minimum atomic E-state index is 0.744. The lowest BCUT2D eigenvalue weighted by molar-refractivity contribution is 0.792. The second-order valence-corrected chi connectivity index (χ2v) is 5.78. The molecule has 1 aromatic carbocycles. The molecule has 0 aromatic heterocycles. The van der Waals surface area contributed by atoms with Gasteiger partial charge in [-0.3, -0.25) is 0 Å². The number of fused-ring (bicyclic) bond motifs is 10. The second-order valence-electron chi connectivity index (χ2n) is 5.78. The van der Waals surface area contributed by atoms with E-state index in [1.165, 1.54) is 12.8 Å². The Bertz CT molecular complexity index is 467. The molecular weight excluding hydrogens is 192 g/mol. The Morgan fingerprint density at radius 2 is 0.875 bits per heavy atom. The second kappa shape index (κ2) is 2.34. The molecule has 4 atom stereocenters. The minimum absolute atomic E-state index is 0.744. The SMILES string of the molecule is C1=C[C@H]2C[C@@H]1c1cc3c(cc12)[C@@H]1C=C[C@H]3C1. The molecule has 4 aliphatic rings. The van der Waals surface area contributed by atoms with Gasteiger partial charge in [0.05, 0.1) is 0 Å². The predicted octanol–water partition coefficient (Wildman–Crippen LogP) is 3.97. The van der Waals surface area contributed by atoms with E-state index in [1.54, 1.807) is 22.3 Å². The van der Waals surface area contributed by atoms with Crippen LogP contribution >= 0.6 is 0 Å². The zero-order valence-electron chi connectivity index (χ0n) is 9.19. The maximum atomic E-state index is 2.53. The molecule has 0 saturated heterocycles. The average molecular weight is 206 g/mol. The summed E-state index contributed by atoms with van der Waals surface area (Å²) >= 11 is 0. The molecule has 0 unspecified atom stereocenters.